The van der Waals surface area contributed by atoms with Gasteiger partial charge in [0.1, 0.15) is 5.75 Å². The average Bonchev–Trinajstić information content (AvgIpc) is 2.43. The Morgan fingerprint density at radius 2 is 2.00 bits per heavy atom. The molecule has 4 heteroatoms. The number of aromatic nitrogens is 1. The van der Waals surface area contributed by atoms with Crippen molar-refractivity contribution in [3.8, 4) is 5.75 Å². The van der Waals surface area contributed by atoms with E-state index in [0.717, 1.165) is 16.9 Å². The number of nitrogens with two attached hydrogens (primary N) is 1. The predicted molar refractivity (Wildman–Crippen MR) is 75.4 cm³/mol. The van der Waals surface area contributed by atoms with Crippen molar-refractivity contribution in [3.63, 3.8) is 0 Å². The molecule has 19 heavy (non-hydrogen) atoms. The molecule has 0 amide bonds. The van der Waals surface area contributed by atoms with Crippen LogP contribution in [0, 0.1) is 6.92 Å². The zero-order chi connectivity index (χ0) is 13.8. The van der Waals surface area contributed by atoms with Crippen molar-refractivity contribution in [2.45, 2.75) is 19.5 Å². The van der Waals surface area contributed by atoms with Gasteiger partial charge in [-0.1, -0.05) is 24.3 Å². The Morgan fingerprint density at radius 3 is 2.74 bits per heavy atom. The fourth-order valence-corrected chi connectivity index (χ4v) is 2.08. The van der Waals surface area contributed by atoms with Crippen molar-refractivity contribution in [2.75, 3.05) is 7.11 Å². The average molecular weight is 258 g/mol. The lowest BCUT2D eigenvalue weighted by Gasteiger charge is -2.17. The van der Waals surface area contributed by atoms with Gasteiger partial charge < -0.3 is 15.0 Å². The summed E-state index contributed by atoms with van der Waals surface area (Å²) in [6, 6.07) is 11.0. The first-order valence-corrected chi connectivity index (χ1v) is 6.18. The molecule has 4 nitrogen and oxygen atoms in total. The summed E-state index contributed by atoms with van der Waals surface area (Å²) in [5.74, 6) is 0.746. The highest BCUT2D eigenvalue weighted by Gasteiger charge is 2.12. The van der Waals surface area contributed by atoms with Gasteiger partial charge in [-0.05, 0) is 19.1 Å². The molecule has 0 radical (unpaired) electrons. The number of aryl methyl sites for hydroxylation is 1. The summed E-state index contributed by atoms with van der Waals surface area (Å²) in [7, 11) is 1.62. The number of rotatable bonds is 4. The summed E-state index contributed by atoms with van der Waals surface area (Å²) in [5, 5.41) is 0. The number of hydrogen-bond donors (Lipinski definition) is 1. The highest BCUT2D eigenvalue weighted by Crippen LogP contribution is 2.23. The third-order valence-electron chi connectivity index (χ3n) is 3.14. The fourth-order valence-electron chi connectivity index (χ4n) is 2.08. The molecule has 0 fully saturated rings. The largest absolute Gasteiger partial charge is 0.496 e. The van der Waals surface area contributed by atoms with Crippen LogP contribution in [-0.4, -0.2) is 11.7 Å². The van der Waals surface area contributed by atoms with E-state index < -0.39 is 0 Å². The monoisotopic (exact) mass is 258 g/mol. The molecule has 0 aliphatic heterocycles. The van der Waals surface area contributed by atoms with Crippen LogP contribution in [0.4, 0.5) is 0 Å². The molecule has 1 heterocycles. The lowest BCUT2D eigenvalue weighted by molar-refractivity contribution is 0.401. The van der Waals surface area contributed by atoms with Crippen LogP contribution in [0.2, 0.25) is 0 Å². The number of ether oxygens (including phenoxy) is 1. The first-order chi connectivity index (χ1) is 9.13. The van der Waals surface area contributed by atoms with Crippen molar-refractivity contribution in [1.82, 2.24) is 4.57 Å². The maximum Gasteiger partial charge on any atom is 0.253 e. The second kappa shape index (κ2) is 5.71. The molecule has 1 aromatic carbocycles. The third-order valence-corrected chi connectivity index (χ3v) is 3.14. The van der Waals surface area contributed by atoms with E-state index in [0.29, 0.717) is 6.54 Å². The van der Waals surface area contributed by atoms with E-state index in [1.807, 2.05) is 30.3 Å². The van der Waals surface area contributed by atoms with E-state index in [2.05, 4.69) is 0 Å². The maximum absolute atomic E-state index is 12.0. The molecule has 2 aromatic rings. The Balaban J connectivity index is 2.28. The molecule has 0 spiro atoms. The standard InChI is InChI=1S/C15H18N2O2/c1-11-6-5-9-17(15(11)18)10-13(16)12-7-3-4-8-14(12)19-2/h3-9,13H,10,16H2,1-2H3. The smallest absolute Gasteiger partial charge is 0.253 e. The molecule has 1 unspecified atom stereocenters. The topological polar surface area (TPSA) is 57.2 Å². The van der Waals surface area contributed by atoms with Crippen LogP contribution in [0.3, 0.4) is 0 Å². The molecule has 0 saturated heterocycles. The summed E-state index contributed by atoms with van der Waals surface area (Å²) in [4.78, 5) is 12.0. The Morgan fingerprint density at radius 1 is 1.26 bits per heavy atom. The second-order valence-electron chi connectivity index (χ2n) is 4.50. The number of nitrogens with zero attached hydrogens (tertiary/aromatic N) is 1. The number of pyridine rings is 1. The van der Waals surface area contributed by atoms with Crippen molar-refractivity contribution >= 4 is 0 Å². The SMILES string of the molecule is COc1ccccc1C(N)Cn1cccc(C)c1=O. The van der Waals surface area contributed by atoms with Crippen LogP contribution in [-0.2, 0) is 6.54 Å². The van der Waals surface area contributed by atoms with Crippen molar-refractivity contribution in [3.05, 3.63) is 64.1 Å². The van der Waals surface area contributed by atoms with Gasteiger partial charge in [0.05, 0.1) is 13.2 Å². The highest BCUT2D eigenvalue weighted by atomic mass is 16.5. The van der Waals surface area contributed by atoms with E-state index in [1.54, 1.807) is 30.9 Å². The highest BCUT2D eigenvalue weighted by molar-refractivity contribution is 5.35. The quantitative estimate of drug-likeness (QED) is 0.910. The van der Waals surface area contributed by atoms with Crippen LogP contribution < -0.4 is 16.0 Å². The summed E-state index contributed by atoms with van der Waals surface area (Å²) in [6.07, 6.45) is 1.75. The van der Waals surface area contributed by atoms with Crippen molar-refractivity contribution < 1.29 is 4.74 Å². The van der Waals surface area contributed by atoms with Crippen molar-refractivity contribution in [2.24, 2.45) is 5.73 Å². The normalized spacial score (nSPS) is 12.2. The molecular weight excluding hydrogens is 240 g/mol. The van der Waals surface area contributed by atoms with Crippen LogP contribution >= 0.6 is 0 Å². The summed E-state index contributed by atoms with van der Waals surface area (Å²) in [6.45, 7) is 2.23. The molecule has 2 N–H and O–H groups in total. The lowest BCUT2D eigenvalue weighted by atomic mass is 10.1. The minimum Gasteiger partial charge on any atom is -0.496 e. The second-order valence-corrected chi connectivity index (χ2v) is 4.50. The van der Waals surface area contributed by atoms with E-state index in [9.17, 15) is 4.79 Å². The van der Waals surface area contributed by atoms with Gasteiger partial charge in [-0.15, -0.1) is 0 Å². The number of benzene rings is 1. The summed E-state index contributed by atoms with van der Waals surface area (Å²) < 4.78 is 6.92. The Bertz CT molecular complexity index is 620. The lowest BCUT2D eigenvalue weighted by Crippen LogP contribution is -2.27. The number of methoxy groups -OCH3 is 1. The van der Waals surface area contributed by atoms with Gasteiger partial charge in [-0.25, -0.2) is 0 Å². The Kier molecular flexibility index (Phi) is 4.02. The first kappa shape index (κ1) is 13.4. The van der Waals surface area contributed by atoms with Crippen molar-refractivity contribution in [1.29, 1.82) is 0 Å². The molecule has 0 saturated carbocycles. The molecule has 0 aliphatic carbocycles. The molecule has 100 valence electrons. The van der Waals surface area contributed by atoms with Gasteiger partial charge in [0.25, 0.3) is 5.56 Å². The van der Waals surface area contributed by atoms with Gasteiger partial charge >= 0.3 is 0 Å². The van der Waals surface area contributed by atoms with Crippen LogP contribution in [0.1, 0.15) is 17.2 Å². The molecule has 0 aliphatic rings. The third kappa shape index (κ3) is 2.85. The predicted octanol–water partition coefficient (Wildman–Crippen LogP) is 1.87. The van der Waals surface area contributed by atoms with Gasteiger partial charge in [0, 0.05) is 23.9 Å². The molecule has 1 aromatic heterocycles. The molecule has 0 bridgehead atoms. The fraction of sp³-hybridized carbons (Fsp3) is 0.267. The minimum atomic E-state index is -0.282. The maximum atomic E-state index is 12.0. The number of para-hydroxylation sites is 1. The molecular formula is C15H18N2O2. The van der Waals surface area contributed by atoms with E-state index in [-0.39, 0.29) is 11.6 Å². The van der Waals surface area contributed by atoms with Crippen LogP contribution in [0.15, 0.2) is 47.4 Å². The van der Waals surface area contributed by atoms with E-state index in [1.165, 1.54) is 0 Å². The minimum absolute atomic E-state index is 0.00662. The van der Waals surface area contributed by atoms with E-state index >= 15 is 0 Å². The van der Waals surface area contributed by atoms with Crippen LogP contribution in [0.25, 0.3) is 0 Å². The summed E-state index contributed by atoms with van der Waals surface area (Å²) >= 11 is 0. The zero-order valence-corrected chi connectivity index (χ0v) is 11.2. The Hall–Kier alpha value is -2.07. The van der Waals surface area contributed by atoms with E-state index in [4.69, 9.17) is 10.5 Å². The van der Waals surface area contributed by atoms with Gasteiger partial charge in [-0.3, -0.25) is 4.79 Å². The Labute approximate surface area is 112 Å². The first-order valence-electron chi connectivity index (χ1n) is 6.18. The van der Waals surface area contributed by atoms with Crippen LogP contribution in [0.5, 0.6) is 5.75 Å². The van der Waals surface area contributed by atoms with Gasteiger partial charge in [-0.2, -0.15) is 0 Å². The zero-order valence-electron chi connectivity index (χ0n) is 11.2. The molecule has 1 atom stereocenters. The van der Waals surface area contributed by atoms with Gasteiger partial charge in [0.15, 0.2) is 0 Å². The summed E-state index contributed by atoms with van der Waals surface area (Å²) in [5.41, 5.74) is 7.79. The number of hydrogen-bond acceptors (Lipinski definition) is 3. The van der Waals surface area contributed by atoms with Gasteiger partial charge in [0.2, 0.25) is 0 Å². The molecule has 2 rings (SSSR count).